The quantitative estimate of drug-likeness (QED) is 0.0576. The number of rotatable bonds is 59. The number of hydrogen-bond donors (Lipinski definition) is 5. The zero-order chi connectivity index (χ0) is 57.5. The lowest BCUT2D eigenvalue weighted by Crippen LogP contribution is -2.47. The second kappa shape index (κ2) is 52.0. The fraction of sp³-hybridized carbons (Fsp3) is 1.00. The highest BCUT2D eigenvalue weighted by molar-refractivity contribution is 4.74. The van der Waals surface area contributed by atoms with Gasteiger partial charge in [-0.3, -0.25) is 29.4 Å². The molecule has 0 aliphatic heterocycles. The predicted molar refractivity (Wildman–Crippen MR) is 309 cm³/mol. The van der Waals surface area contributed by atoms with Crippen LogP contribution in [0.25, 0.3) is 0 Å². The third kappa shape index (κ3) is 44.4. The maximum atomic E-state index is 9.86. The van der Waals surface area contributed by atoms with Gasteiger partial charge in [0.1, 0.15) is 0 Å². The lowest BCUT2D eigenvalue weighted by molar-refractivity contribution is -0.0118. The summed E-state index contributed by atoms with van der Waals surface area (Å²) in [5.41, 5.74) is 0. The molecule has 21 heteroatoms. The van der Waals surface area contributed by atoms with Gasteiger partial charge < -0.3 is 73.2 Å². The molecule has 0 aromatic heterocycles. The van der Waals surface area contributed by atoms with Crippen LogP contribution in [0.3, 0.4) is 0 Å². The van der Waals surface area contributed by atoms with Crippen molar-refractivity contribution >= 4 is 0 Å². The first-order chi connectivity index (χ1) is 37.1. The molecule has 5 N–H and O–H groups in total. The van der Waals surface area contributed by atoms with E-state index < -0.39 is 0 Å². The summed E-state index contributed by atoms with van der Waals surface area (Å²) >= 11 is 0. The molecule has 77 heavy (non-hydrogen) atoms. The number of aliphatic hydroxyl groups excluding tert-OH is 5. The van der Waals surface area contributed by atoms with E-state index in [1.807, 2.05) is 41.5 Å². The van der Waals surface area contributed by atoms with Crippen LogP contribution in [0.15, 0.2) is 0 Å². The van der Waals surface area contributed by atoms with Crippen molar-refractivity contribution in [1.29, 1.82) is 0 Å². The van der Waals surface area contributed by atoms with E-state index in [2.05, 4.69) is 73.9 Å². The van der Waals surface area contributed by atoms with Gasteiger partial charge in [-0.1, -0.05) is 20.8 Å². The largest absolute Gasteiger partial charge is 0.394 e. The van der Waals surface area contributed by atoms with Crippen molar-refractivity contribution in [3.8, 4) is 0 Å². The van der Waals surface area contributed by atoms with Gasteiger partial charge in [0.25, 0.3) is 0 Å². The van der Waals surface area contributed by atoms with E-state index in [4.69, 9.17) is 37.9 Å². The zero-order valence-corrected chi connectivity index (χ0v) is 51.3. The highest BCUT2D eigenvalue weighted by Crippen LogP contribution is 2.06. The lowest BCUT2D eigenvalue weighted by Gasteiger charge is -2.34. The summed E-state index contributed by atoms with van der Waals surface area (Å²) in [5, 5.41) is 48.5. The minimum atomic E-state index is -0.253. The van der Waals surface area contributed by atoms with Crippen LogP contribution in [0.2, 0.25) is 0 Å². The summed E-state index contributed by atoms with van der Waals surface area (Å²) in [6.07, 6.45) is 0.0377. The van der Waals surface area contributed by atoms with Gasteiger partial charge >= 0.3 is 0 Å². The van der Waals surface area contributed by atoms with Gasteiger partial charge in [-0.2, -0.15) is 0 Å². The van der Waals surface area contributed by atoms with Crippen LogP contribution < -0.4 is 0 Å². The number of aliphatic hydroxyl groups is 5. The molecule has 0 bridgehead atoms. The summed E-state index contributed by atoms with van der Waals surface area (Å²) in [7, 11) is 3.84. The normalized spacial score (nSPS) is 15.4. The number of nitrogens with zero attached hydrogens (tertiary/aromatic N) is 8. The van der Waals surface area contributed by atoms with E-state index in [9.17, 15) is 25.5 Å². The van der Waals surface area contributed by atoms with E-state index in [1.54, 1.807) is 7.11 Å². The third-order valence-corrected chi connectivity index (χ3v) is 14.1. The van der Waals surface area contributed by atoms with Crippen LogP contribution in [-0.2, 0) is 37.9 Å². The Balaban J connectivity index is 6.78. The Labute approximate surface area is 470 Å². The molecule has 0 aliphatic carbocycles. The molecule has 0 rings (SSSR count). The van der Waals surface area contributed by atoms with Crippen molar-refractivity contribution in [1.82, 2.24) is 39.2 Å². The smallest absolute Gasteiger partial charge is 0.0780 e. The molecule has 0 amide bonds. The highest BCUT2D eigenvalue weighted by Gasteiger charge is 2.19. The van der Waals surface area contributed by atoms with Crippen molar-refractivity contribution in [2.45, 2.75) is 118 Å². The Hall–Kier alpha value is -0.840. The van der Waals surface area contributed by atoms with Crippen molar-refractivity contribution in [3.05, 3.63) is 0 Å². The van der Waals surface area contributed by atoms with Crippen LogP contribution in [0.1, 0.15) is 75.7 Å². The molecular weight excluding hydrogens is 993 g/mol. The first kappa shape index (κ1) is 76.2. The summed E-state index contributed by atoms with van der Waals surface area (Å²) < 4.78 is 47.3. The predicted octanol–water partition coefficient (Wildman–Crippen LogP) is 0.926. The molecule has 0 spiro atoms. The van der Waals surface area contributed by atoms with Gasteiger partial charge in [0, 0.05) is 145 Å². The number of ether oxygens (including phenoxy) is 8. The second-order valence-electron chi connectivity index (χ2n) is 20.9. The van der Waals surface area contributed by atoms with Gasteiger partial charge in [0.2, 0.25) is 0 Å². The first-order valence-electron chi connectivity index (χ1n) is 29.7. The molecule has 0 radical (unpaired) electrons. The summed E-state index contributed by atoms with van der Waals surface area (Å²) in [4.78, 5) is 19.7. The van der Waals surface area contributed by atoms with Gasteiger partial charge in [-0.25, -0.2) is 0 Å². The van der Waals surface area contributed by atoms with Crippen molar-refractivity contribution in [2.24, 2.45) is 0 Å². The molecule has 21 nitrogen and oxygen atoms in total. The standard InChI is InChI=1S/C56H122N8O13/c1-13-50(4)71-37-30-57(11)16-17-61(31-38-72-51(5)44-65)25-20-60(24-29-64(35-42-76-55(9)48-69)36-43-77-56(10)49-70-12)22-27-62(32-39-73-52(6)45-66)26-21-59(19-18-58(14-2)15-3)23-28-63(33-40-74-53(7)46-67)34-41-75-54(8)47-68/h50-56,65-69H,13-49H2,1-12H3. The fourth-order valence-corrected chi connectivity index (χ4v) is 8.05. The van der Waals surface area contributed by atoms with Gasteiger partial charge in [0.05, 0.1) is 129 Å². The maximum Gasteiger partial charge on any atom is 0.0780 e. The van der Waals surface area contributed by atoms with E-state index in [0.717, 1.165) is 137 Å². The summed E-state index contributed by atoms with van der Waals surface area (Å²) in [5.74, 6) is 0. The van der Waals surface area contributed by atoms with Crippen molar-refractivity contribution < 1.29 is 63.4 Å². The molecular formula is C56H122N8O13. The Morgan fingerprint density at radius 3 is 0.766 bits per heavy atom. The van der Waals surface area contributed by atoms with Gasteiger partial charge in [-0.15, -0.1) is 0 Å². The van der Waals surface area contributed by atoms with Crippen LogP contribution in [0, 0.1) is 0 Å². The Morgan fingerprint density at radius 1 is 0.286 bits per heavy atom. The van der Waals surface area contributed by atoms with Crippen molar-refractivity contribution in [2.75, 3.05) is 251 Å². The molecule has 7 unspecified atom stereocenters. The van der Waals surface area contributed by atoms with Crippen LogP contribution >= 0.6 is 0 Å². The van der Waals surface area contributed by atoms with Crippen molar-refractivity contribution in [3.63, 3.8) is 0 Å². The highest BCUT2D eigenvalue weighted by atomic mass is 16.5. The Kier molecular flexibility index (Phi) is 51.4. The summed E-state index contributed by atoms with van der Waals surface area (Å²) in [6, 6.07) is 0. The molecule has 0 saturated heterocycles. The first-order valence-corrected chi connectivity index (χ1v) is 29.7. The minimum Gasteiger partial charge on any atom is -0.394 e. The molecule has 0 fully saturated rings. The third-order valence-electron chi connectivity index (χ3n) is 14.1. The number of hydrogen-bond acceptors (Lipinski definition) is 21. The molecule has 0 aliphatic rings. The second-order valence-corrected chi connectivity index (χ2v) is 20.9. The van der Waals surface area contributed by atoms with E-state index in [1.165, 1.54) is 0 Å². The summed E-state index contributed by atoms with van der Waals surface area (Å²) in [6.45, 7) is 43.5. The Bertz CT molecular complexity index is 1230. The Morgan fingerprint density at radius 2 is 0.506 bits per heavy atom. The topological polar surface area (TPSA) is 201 Å². The fourth-order valence-electron chi connectivity index (χ4n) is 8.05. The number of methoxy groups -OCH3 is 1. The van der Waals surface area contributed by atoms with E-state index >= 15 is 0 Å². The SMILES string of the molecule is CCC(C)OCCN(C)CCN(CCOC(C)CO)CCN(CCN(CCOC(C)CO)CCOC(C)COC)CCN(CCOC(C)CO)CCN(CCN(CC)CC)CCN(CCOC(C)CO)CCOC(C)CO. The maximum absolute atomic E-state index is 9.86. The van der Waals surface area contributed by atoms with Crippen LogP contribution in [-0.4, -0.2) is 358 Å². The lowest BCUT2D eigenvalue weighted by atomic mass is 10.3. The van der Waals surface area contributed by atoms with E-state index in [0.29, 0.717) is 72.5 Å². The van der Waals surface area contributed by atoms with Gasteiger partial charge in [0.15, 0.2) is 0 Å². The minimum absolute atomic E-state index is 0.0159. The molecule has 7 atom stereocenters. The van der Waals surface area contributed by atoms with Gasteiger partial charge in [-0.05, 0) is 75.0 Å². The average molecular weight is 1120 g/mol. The van der Waals surface area contributed by atoms with Crippen LogP contribution in [0.5, 0.6) is 0 Å². The molecule has 0 aromatic carbocycles. The monoisotopic (exact) mass is 1110 g/mol. The van der Waals surface area contributed by atoms with Crippen LogP contribution in [0.4, 0.5) is 0 Å². The molecule has 0 saturated carbocycles. The molecule has 0 aromatic rings. The van der Waals surface area contributed by atoms with E-state index in [-0.39, 0.29) is 75.8 Å². The average Bonchev–Trinajstić information content (AvgIpc) is 3.43. The molecule has 464 valence electrons. The zero-order valence-electron chi connectivity index (χ0n) is 51.3. The molecule has 0 heterocycles. The number of likely N-dealkylation sites (N-methyl/N-ethyl adjacent to an activating group) is 2.